The monoisotopic (exact) mass is 429 g/mol. The molecule has 0 bridgehead atoms. The van der Waals surface area contributed by atoms with Crippen LogP contribution in [0, 0.1) is 5.82 Å². The summed E-state index contributed by atoms with van der Waals surface area (Å²) in [5, 5.41) is 2.57. The van der Waals surface area contributed by atoms with E-state index in [9.17, 15) is 31.5 Å². The second kappa shape index (κ2) is 9.51. The van der Waals surface area contributed by atoms with Gasteiger partial charge in [0.25, 0.3) is 5.91 Å². The maximum atomic E-state index is 13.1. The van der Waals surface area contributed by atoms with E-state index in [0.29, 0.717) is 17.7 Å². The van der Waals surface area contributed by atoms with E-state index in [0.717, 1.165) is 6.07 Å². The Morgan fingerprint density at radius 3 is 2.32 bits per heavy atom. The van der Waals surface area contributed by atoms with E-state index < -0.39 is 48.6 Å². The highest BCUT2D eigenvalue weighted by Crippen LogP contribution is 2.41. The van der Waals surface area contributed by atoms with Crippen LogP contribution in [0.3, 0.4) is 0 Å². The van der Waals surface area contributed by atoms with E-state index in [1.165, 1.54) is 18.2 Å². The first kappa shape index (κ1) is 24.1. The summed E-state index contributed by atoms with van der Waals surface area (Å²) in [4.78, 5) is 24.1. The van der Waals surface area contributed by atoms with Crippen molar-refractivity contribution < 1.29 is 31.5 Å². The maximum absolute atomic E-state index is 13.1. The summed E-state index contributed by atoms with van der Waals surface area (Å²) in [5.41, 5.74) is 5.78. The number of nitrogens with zero attached hydrogens (tertiary/aromatic N) is 1. The minimum atomic E-state index is -4.26. The second-order valence-corrected chi connectivity index (χ2v) is 6.47. The number of carbonyl (C=O) groups is 2. The standard InChI is InChI=1S/C17H20F5N3O2.ClH/c18-12-5-3-4-11(8-12)14(26)24-7-2-1-6-13(23)15(27)25-9-16(19,20)17(21,22)10-25;/h3-5,8,13H,1-2,6-7,9-10,23H2,(H,24,26);1H/t13-;/m0./s1. The Morgan fingerprint density at radius 1 is 1.14 bits per heavy atom. The van der Waals surface area contributed by atoms with Gasteiger partial charge in [-0.15, -0.1) is 12.4 Å². The number of amides is 2. The number of rotatable bonds is 7. The van der Waals surface area contributed by atoms with E-state index in [-0.39, 0.29) is 30.9 Å². The van der Waals surface area contributed by atoms with Gasteiger partial charge in [0.2, 0.25) is 5.91 Å². The fourth-order valence-electron chi connectivity index (χ4n) is 2.70. The van der Waals surface area contributed by atoms with Gasteiger partial charge in [0.1, 0.15) is 5.82 Å². The molecular formula is C17H21ClF5N3O2. The summed E-state index contributed by atoms with van der Waals surface area (Å²) >= 11 is 0. The Kier molecular flexibility index (Phi) is 8.18. The van der Waals surface area contributed by atoms with Gasteiger partial charge in [0, 0.05) is 12.1 Å². The molecular weight excluding hydrogens is 409 g/mol. The lowest BCUT2D eigenvalue weighted by atomic mass is 10.1. The summed E-state index contributed by atoms with van der Waals surface area (Å²) < 4.78 is 65.6. The second-order valence-electron chi connectivity index (χ2n) is 6.47. The van der Waals surface area contributed by atoms with Crippen molar-refractivity contribution in [1.82, 2.24) is 10.2 Å². The third-order valence-corrected chi connectivity index (χ3v) is 4.26. The largest absolute Gasteiger partial charge is 0.352 e. The number of hydrogen-bond donors (Lipinski definition) is 2. The van der Waals surface area contributed by atoms with Gasteiger partial charge in [0.15, 0.2) is 0 Å². The first-order valence-corrected chi connectivity index (χ1v) is 8.37. The van der Waals surface area contributed by atoms with Gasteiger partial charge in [-0.3, -0.25) is 9.59 Å². The Hall–Kier alpha value is -1.94. The van der Waals surface area contributed by atoms with Crippen molar-refractivity contribution in [3.63, 3.8) is 0 Å². The average molecular weight is 430 g/mol. The van der Waals surface area contributed by atoms with Crippen molar-refractivity contribution >= 4 is 24.2 Å². The Morgan fingerprint density at radius 2 is 1.75 bits per heavy atom. The summed E-state index contributed by atoms with van der Waals surface area (Å²) in [5.74, 6) is -10.5. The lowest BCUT2D eigenvalue weighted by Gasteiger charge is -2.19. The zero-order valence-electron chi connectivity index (χ0n) is 14.8. The van der Waals surface area contributed by atoms with Crippen LogP contribution in [0.15, 0.2) is 24.3 Å². The van der Waals surface area contributed by atoms with Crippen LogP contribution < -0.4 is 11.1 Å². The van der Waals surface area contributed by atoms with E-state index in [4.69, 9.17) is 5.73 Å². The highest BCUT2D eigenvalue weighted by Gasteiger charge is 2.64. The van der Waals surface area contributed by atoms with Gasteiger partial charge in [-0.2, -0.15) is 17.6 Å². The molecule has 5 nitrogen and oxygen atoms in total. The molecule has 158 valence electrons. The number of hydrogen-bond acceptors (Lipinski definition) is 3. The highest BCUT2D eigenvalue weighted by molar-refractivity contribution is 5.94. The molecule has 2 rings (SSSR count). The van der Waals surface area contributed by atoms with E-state index in [1.807, 2.05) is 0 Å². The number of alkyl halides is 4. The normalized spacial score (nSPS) is 18.3. The molecule has 1 atom stereocenters. The summed E-state index contributed by atoms with van der Waals surface area (Å²) in [6, 6.07) is 3.98. The topological polar surface area (TPSA) is 75.4 Å². The smallest absolute Gasteiger partial charge is 0.329 e. The molecule has 1 aromatic rings. The van der Waals surface area contributed by atoms with Crippen molar-refractivity contribution in [2.24, 2.45) is 5.73 Å². The first-order valence-electron chi connectivity index (χ1n) is 8.37. The van der Waals surface area contributed by atoms with Crippen LogP contribution >= 0.6 is 12.4 Å². The number of unbranched alkanes of at least 4 members (excludes halogenated alkanes) is 1. The maximum Gasteiger partial charge on any atom is 0.329 e. The van der Waals surface area contributed by atoms with Crippen molar-refractivity contribution in [2.75, 3.05) is 19.6 Å². The van der Waals surface area contributed by atoms with E-state index in [2.05, 4.69) is 5.32 Å². The molecule has 3 N–H and O–H groups in total. The van der Waals surface area contributed by atoms with Crippen LogP contribution in [0.2, 0.25) is 0 Å². The fourth-order valence-corrected chi connectivity index (χ4v) is 2.70. The minimum Gasteiger partial charge on any atom is -0.352 e. The Balaban J connectivity index is 0.00000392. The molecule has 0 saturated carbocycles. The zero-order chi connectivity index (χ0) is 20.2. The summed E-state index contributed by atoms with van der Waals surface area (Å²) in [6.07, 6.45) is 0.896. The lowest BCUT2D eigenvalue weighted by Crippen LogP contribution is -2.43. The highest BCUT2D eigenvalue weighted by atomic mass is 35.5. The number of likely N-dealkylation sites (tertiary alicyclic amines) is 1. The molecule has 1 aromatic carbocycles. The molecule has 11 heteroatoms. The number of benzene rings is 1. The van der Waals surface area contributed by atoms with Crippen LogP contribution in [0.4, 0.5) is 22.0 Å². The molecule has 0 unspecified atom stereocenters. The van der Waals surface area contributed by atoms with Gasteiger partial charge in [-0.25, -0.2) is 4.39 Å². The number of halogens is 6. The van der Waals surface area contributed by atoms with Crippen LogP contribution in [0.1, 0.15) is 29.6 Å². The van der Waals surface area contributed by atoms with Crippen LogP contribution in [0.25, 0.3) is 0 Å². The van der Waals surface area contributed by atoms with Gasteiger partial charge in [-0.05, 0) is 37.5 Å². The van der Waals surface area contributed by atoms with Crippen LogP contribution in [0.5, 0.6) is 0 Å². The molecule has 0 aliphatic carbocycles. The van der Waals surface area contributed by atoms with Crippen LogP contribution in [-0.2, 0) is 4.79 Å². The van der Waals surface area contributed by atoms with Crippen molar-refractivity contribution in [2.45, 2.75) is 37.1 Å². The molecule has 1 heterocycles. The molecule has 2 amide bonds. The van der Waals surface area contributed by atoms with Gasteiger partial charge < -0.3 is 16.0 Å². The number of nitrogens with two attached hydrogens (primary N) is 1. The summed E-state index contributed by atoms with van der Waals surface area (Å²) in [6.45, 7) is -2.47. The Labute approximate surface area is 164 Å². The molecule has 1 aliphatic heterocycles. The SMILES string of the molecule is Cl.N[C@@H](CCCCNC(=O)c1cccc(F)c1)C(=O)N1CC(F)(F)C(F)(F)C1. The molecule has 28 heavy (non-hydrogen) atoms. The lowest BCUT2D eigenvalue weighted by molar-refractivity contribution is -0.172. The van der Waals surface area contributed by atoms with Crippen molar-refractivity contribution in [3.05, 3.63) is 35.6 Å². The Bertz CT molecular complexity index is 689. The minimum absolute atomic E-state index is 0. The van der Waals surface area contributed by atoms with Gasteiger partial charge in [-0.1, -0.05) is 6.07 Å². The van der Waals surface area contributed by atoms with Crippen molar-refractivity contribution in [1.29, 1.82) is 0 Å². The molecule has 0 spiro atoms. The van der Waals surface area contributed by atoms with E-state index in [1.54, 1.807) is 0 Å². The van der Waals surface area contributed by atoms with Crippen molar-refractivity contribution in [3.8, 4) is 0 Å². The quantitative estimate of drug-likeness (QED) is 0.517. The van der Waals surface area contributed by atoms with E-state index >= 15 is 0 Å². The predicted octanol–water partition coefficient (Wildman–Crippen LogP) is 2.59. The number of nitrogens with one attached hydrogen (secondary N) is 1. The zero-order valence-corrected chi connectivity index (χ0v) is 15.6. The third-order valence-electron chi connectivity index (χ3n) is 4.26. The molecule has 0 aromatic heterocycles. The number of carbonyl (C=O) groups excluding carboxylic acids is 2. The summed E-state index contributed by atoms with van der Waals surface area (Å²) in [7, 11) is 0. The average Bonchev–Trinajstić information content (AvgIpc) is 2.81. The fraction of sp³-hybridized carbons (Fsp3) is 0.529. The third kappa shape index (κ3) is 5.78. The predicted molar refractivity (Wildman–Crippen MR) is 94.3 cm³/mol. The van der Waals surface area contributed by atoms with Crippen LogP contribution in [-0.4, -0.2) is 54.2 Å². The molecule has 1 aliphatic rings. The molecule has 1 saturated heterocycles. The molecule has 1 fully saturated rings. The van der Waals surface area contributed by atoms with Gasteiger partial charge in [0.05, 0.1) is 19.1 Å². The molecule has 0 radical (unpaired) electrons. The van der Waals surface area contributed by atoms with Gasteiger partial charge >= 0.3 is 11.8 Å². The first-order chi connectivity index (χ1) is 12.5.